The minimum Gasteiger partial charge on any atom is -0.330 e. The predicted octanol–water partition coefficient (Wildman–Crippen LogP) is -0.321. The maximum atomic E-state index is 9.88. The first kappa shape index (κ1) is 13.3. The smallest absolute Gasteiger partial charge is 0.234 e. The van der Waals surface area contributed by atoms with Crippen LogP contribution in [0.2, 0.25) is 0 Å². The van der Waals surface area contributed by atoms with Crippen molar-refractivity contribution in [2.75, 3.05) is 52.4 Å². The molecule has 5 nitrogen and oxygen atoms in total. The van der Waals surface area contributed by atoms with Gasteiger partial charge in [0.25, 0.3) is 0 Å². The molecule has 0 bridgehead atoms. The van der Waals surface area contributed by atoms with Crippen molar-refractivity contribution in [2.45, 2.75) is 12.8 Å². The van der Waals surface area contributed by atoms with Gasteiger partial charge in [0.15, 0.2) is 0 Å². The zero-order valence-electron chi connectivity index (χ0n) is 9.90. The third-order valence-electron chi connectivity index (χ3n) is 2.95. The molecule has 92 valence electrons. The highest BCUT2D eigenvalue weighted by Crippen LogP contribution is 2.02. The first-order valence-electron chi connectivity index (χ1n) is 6.05. The van der Waals surface area contributed by atoms with E-state index >= 15 is 0 Å². The second-order valence-electron chi connectivity index (χ2n) is 4.15. The fourth-order valence-corrected chi connectivity index (χ4v) is 1.97. The zero-order valence-corrected chi connectivity index (χ0v) is 9.90. The van der Waals surface area contributed by atoms with Gasteiger partial charge in [-0.2, -0.15) is 0 Å². The second kappa shape index (κ2) is 8.42. The number of hydrogen-bond acceptors (Lipinski definition) is 5. The molecule has 0 saturated carbocycles. The van der Waals surface area contributed by atoms with E-state index in [1.807, 2.05) is 0 Å². The molecule has 1 aliphatic heterocycles. The average molecular weight is 226 g/mol. The van der Waals surface area contributed by atoms with Crippen LogP contribution in [-0.4, -0.2) is 68.2 Å². The molecule has 1 saturated heterocycles. The number of hydrogen-bond donors (Lipinski definition) is 1. The van der Waals surface area contributed by atoms with Gasteiger partial charge in [-0.1, -0.05) is 0 Å². The van der Waals surface area contributed by atoms with Gasteiger partial charge in [-0.3, -0.25) is 0 Å². The summed E-state index contributed by atoms with van der Waals surface area (Å²) in [7, 11) is 0. The molecule has 2 N–H and O–H groups in total. The molecule has 0 atom stereocenters. The van der Waals surface area contributed by atoms with Crippen molar-refractivity contribution >= 4 is 6.08 Å². The standard InChI is InChI=1S/C11H22N4O/c12-3-1-5-14-7-9-15(10-8-14)6-2-4-13-11-16/h1-10,12H2. The van der Waals surface area contributed by atoms with Gasteiger partial charge >= 0.3 is 0 Å². The summed E-state index contributed by atoms with van der Waals surface area (Å²) in [6, 6.07) is 0. The molecule has 1 fully saturated rings. The van der Waals surface area contributed by atoms with Crippen molar-refractivity contribution < 1.29 is 4.79 Å². The van der Waals surface area contributed by atoms with Crippen LogP contribution in [0.25, 0.3) is 0 Å². The van der Waals surface area contributed by atoms with Gasteiger partial charge in [0.05, 0.1) is 6.54 Å². The highest BCUT2D eigenvalue weighted by Gasteiger charge is 2.15. The van der Waals surface area contributed by atoms with Crippen LogP contribution in [0, 0.1) is 0 Å². The molecule has 1 aliphatic rings. The van der Waals surface area contributed by atoms with Gasteiger partial charge in [0, 0.05) is 32.7 Å². The third-order valence-corrected chi connectivity index (χ3v) is 2.95. The quantitative estimate of drug-likeness (QED) is 0.367. The van der Waals surface area contributed by atoms with Crippen LogP contribution >= 0.6 is 0 Å². The molecule has 0 aromatic carbocycles. The molecule has 1 heterocycles. The topological polar surface area (TPSA) is 61.9 Å². The highest BCUT2D eigenvalue weighted by atomic mass is 16.1. The van der Waals surface area contributed by atoms with E-state index in [0.29, 0.717) is 6.54 Å². The summed E-state index contributed by atoms with van der Waals surface area (Å²) >= 11 is 0. The summed E-state index contributed by atoms with van der Waals surface area (Å²) in [6.45, 7) is 8.06. The molecule has 1 rings (SSSR count). The largest absolute Gasteiger partial charge is 0.330 e. The van der Waals surface area contributed by atoms with E-state index in [2.05, 4.69) is 14.8 Å². The zero-order chi connectivity index (χ0) is 11.6. The van der Waals surface area contributed by atoms with Crippen LogP contribution in [0.4, 0.5) is 0 Å². The van der Waals surface area contributed by atoms with E-state index in [1.165, 1.54) is 0 Å². The Morgan fingerprint density at radius 2 is 1.62 bits per heavy atom. The minimum atomic E-state index is 0.608. The summed E-state index contributed by atoms with van der Waals surface area (Å²) in [5.74, 6) is 0. The second-order valence-corrected chi connectivity index (χ2v) is 4.15. The molecule has 0 aromatic rings. The number of aliphatic imine (C=N–C) groups is 1. The molecule has 0 amide bonds. The van der Waals surface area contributed by atoms with Gasteiger partial charge in [0.2, 0.25) is 6.08 Å². The SMILES string of the molecule is NCCCN1CCN(CCCN=C=O)CC1. The molecule has 5 heteroatoms. The van der Waals surface area contributed by atoms with Crippen LogP contribution in [-0.2, 0) is 4.79 Å². The van der Waals surface area contributed by atoms with Gasteiger partial charge in [-0.25, -0.2) is 9.79 Å². The van der Waals surface area contributed by atoms with Crippen LogP contribution in [0.15, 0.2) is 4.99 Å². The van der Waals surface area contributed by atoms with E-state index in [4.69, 9.17) is 5.73 Å². The Bertz CT molecular complexity index is 220. The van der Waals surface area contributed by atoms with Crippen molar-refractivity contribution in [1.29, 1.82) is 0 Å². The number of carbonyl (C=O) groups excluding carboxylic acids is 1. The lowest BCUT2D eigenvalue weighted by Crippen LogP contribution is -2.47. The Hall–Kier alpha value is -0.740. The molecule has 0 radical (unpaired) electrons. The van der Waals surface area contributed by atoms with Gasteiger partial charge in [0.1, 0.15) is 0 Å². The maximum Gasteiger partial charge on any atom is 0.234 e. The van der Waals surface area contributed by atoms with Crippen LogP contribution < -0.4 is 5.73 Å². The first-order valence-corrected chi connectivity index (χ1v) is 6.05. The summed E-state index contributed by atoms with van der Waals surface area (Å²) < 4.78 is 0. The molecule has 16 heavy (non-hydrogen) atoms. The number of nitrogens with two attached hydrogens (primary N) is 1. The Labute approximate surface area is 97.3 Å². The number of isocyanates is 1. The minimum absolute atomic E-state index is 0.608. The Morgan fingerprint density at radius 1 is 1.06 bits per heavy atom. The molecule has 0 spiro atoms. The lowest BCUT2D eigenvalue weighted by Gasteiger charge is -2.34. The van der Waals surface area contributed by atoms with Gasteiger partial charge in [-0.15, -0.1) is 0 Å². The van der Waals surface area contributed by atoms with Gasteiger partial charge < -0.3 is 15.5 Å². The van der Waals surface area contributed by atoms with Crippen molar-refractivity contribution in [2.24, 2.45) is 10.7 Å². The monoisotopic (exact) mass is 226 g/mol. The molecule has 0 unspecified atom stereocenters. The van der Waals surface area contributed by atoms with Crippen molar-refractivity contribution in [3.05, 3.63) is 0 Å². The van der Waals surface area contributed by atoms with E-state index in [1.54, 1.807) is 6.08 Å². The Morgan fingerprint density at radius 3 is 2.12 bits per heavy atom. The van der Waals surface area contributed by atoms with Crippen LogP contribution in [0.3, 0.4) is 0 Å². The fraction of sp³-hybridized carbons (Fsp3) is 0.909. The normalized spacial score (nSPS) is 18.3. The van der Waals surface area contributed by atoms with E-state index in [-0.39, 0.29) is 0 Å². The molecule has 0 aliphatic carbocycles. The van der Waals surface area contributed by atoms with E-state index in [0.717, 1.165) is 58.7 Å². The van der Waals surface area contributed by atoms with Crippen molar-refractivity contribution in [3.63, 3.8) is 0 Å². The lowest BCUT2D eigenvalue weighted by molar-refractivity contribution is 0.131. The molecular formula is C11H22N4O. The highest BCUT2D eigenvalue weighted by molar-refractivity contribution is 5.32. The van der Waals surface area contributed by atoms with Gasteiger partial charge in [-0.05, 0) is 25.9 Å². The summed E-state index contributed by atoms with van der Waals surface area (Å²) in [5.41, 5.74) is 5.49. The third kappa shape index (κ3) is 5.37. The predicted molar refractivity (Wildman–Crippen MR) is 64.2 cm³/mol. The summed E-state index contributed by atoms with van der Waals surface area (Å²) in [6.07, 6.45) is 3.62. The van der Waals surface area contributed by atoms with E-state index < -0.39 is 0 Å². The number of rotatable bonds is 7. The summed E-state index contributed by atoms with van der Waals surface area (Å²) in [5, 5.41) is 0. The van der Waals surface area contributed by atoms with Crippen molar-refractivity contribution in [1.82, 2.24) is 9.80 Å². The van der Waals surface area contributed by atoms with Crippen LogP contribution in [0.5, 0.6) is 0 Å². The number of piperazine rings is 1. The molecule has 0 aromatic heterocycles. The average Bonchev–Trinajstić information content (AvgIpc) is 2.33. The maximum absolute atomic E-state index is 9.88. The molecular weight excluding hydrogens is 204 g/mol. The van der Waals surface area contributed by atoms with E-state index in [9.17, 15) is 4.79 Å². The lowest BCUT2D eigenvalue weighted by atomic mass is 10.2. The Kier molecular flexibility index (Phi) is 7.01. The fourth-order valence-electron chi connectivity index (χ4n) is 1.97. The Balaban J connectivity index is 2.05. The summed E-state index contributed by atoms with van der Waals surface area (Å²) in [4.78, 5) is 18.3. The number of nitrogens with zero attached hydrogens (tertiary/aromatic N) is 3. The first-order chi connectivity index (χ1) is 7.86. The van der Waals surface area contributed by atoms with Crippen LogP contribution in [0.1, 0.15) is 12.8 Å². The van der Waals surface area contributed by atoms with Crippen molar-refractivity contribution in [3.8, 4) is 0 Å².